The maximum Gasteiger partial charge on any atom is 0.250 e. The zero-order chi connectivity index (χ0) is 18.6. The van der Waals surface area contributed by atoms with Gasteiger partial charge in [0.15, 0.2) is 5.13 Å². The molecule has 1 amide bonds. The van der Waals surface area contributed by atoms with E-state index in [4.69, 9.17) is 4.74 Å². The summed E-state index contributed by atoms with van der Waals surface area (Å²) in [7, 11) is 1.63. The van der Waals surface area contributed by atoms with Gasteiger partial charge in [-0.3, -0.25) is 10.1 Å². The predicted octanol–water partition coefficient (Wildman–Crippen LogP) is 5.08. The summed E-state index contributed by atoms with van der Waals surface area (Å²) in [6.07, 6.45) is 3.19. The van der Waals surface area contributed by atoms with Crippen LogP contribution in [-0.4, -0.2) is 23.0 Å². The third kappa shape index (κ3) is 3.89. The number of thiazole rings is 2. The fourth-order valence-corrected chi connectivity index (χ4v) is 4.15. The molecule has 0 atom stereocenters. The Labute approximate surface area is 164 Å². The van der Waals surface area contributed by atoms with Crippen LogP contribution in [0.4, 0.5) is 5.13 Å². The van der Waals surface area contributed by atoms with Crippen molar-refractivity contribution in [3.05, 3.63) is 65.0 Å². The van der Waals surface area contributed by atoms with Crippen molar-refractivity contribution in [2.45, 2.75) is 0 Å². The summed E-state index contributed by atoms with van der Waals surface area (Å²) in [6.45, 7) is 0. The maximum absolute atomic E-state index is 12.2. The Bertz CT molecular complexity index is 1100. The van der Waals surface area contributed by atoms with Crippen LogP contribution < -0.4 is 10.1 Å². The van der Waals surface area contributed by atoms with E-state index in [-0.39, 0.29) is 5.91 Å². The second-order valence-corrected chi connectivity index (χ2v) is 7.50. The normalized spacial score (nSPS) is 11.1. The lowest BCUT2D eigenvalue weighted by atomic mass is 10.1. The summed E-state index contributed by atoms with van der Waals surface area (Å²) in [5, 5.41) is 6.01. The minimum atomic E-state index is -0.241. The fourth-order valence-electron chi connectivity index (χ4n) is 2.57. The third-order valence-corrected chi connectivity index (χ3v) is 5.56. The molecule has 0 aliphatic carbocycles. The van der Waals surface area contributed by atoms with E-state index < -0.39 is 0 Å². The number of methoxy groups -OCH3 is 1. The van der Waals surface area contributed by atoms with E-state index in [1.54, 1.807) is 24.5 Å². The molecule has 5 nitrogen and oxygen atoms in total. The standard InChI is InChI=1S/C20H15N3O2S2/c1-25-16-8-4-2-6-13(16)15-12-26-20(22-15)23-18(24)10-11-19-21-14-7-3-5-9-17(14)27-19/h2-12H,1H3,(H,22,23,24)/b11-10+. The van der Waals surface area contributed by atoms with Gasteiger partial charge >= 0.3 is 0 Å². The molecule has 0 saturated heterocycles. The van der Waals surface area contributed by atoms with Gasteiger partial charge in [-0.05, 0) is 30.3 Å². The fraction of sp³-hybridized carbons (Fsp3) is 0.0500. The van der Waals surface area contributed by atoms with E-state index in [2.05, 4.69) is 15.3 Å². The predicted molar refractivity (Wildman–Crippen MR) is 111 cm³/mol. The number of para-hydroxylation sites is 2. The Kier molecular flexibility index (Phi) is 4.95. The van der Waals surface area contributed by atoms with Gasteiger partial charge in [-0.2, -0.15) is 0 Å². The van der Waals surface area contributed by atoms with E-state index in [1.807, 2.05) is 53.9 Å². The van der Waals surface area contributed by atoms with E-state index in [1.165, 1.54) is 17.4 Å². The van der Waals surface area contributed by atoms with Crippen LogP contribution in [-0.2, 0) is 4.79 Å². The molecule has 2 heterocycles. The molecule has 1 N–H and O–H groups in total. The minimum Gasteiger partial charge on any atom is -0.496 e. The van der Waals surface area contributed by atoms with Crippen molar-refractivity contribution < 1.29 is 9.53 Å². The van der Waals surface area contributed by atoms with Gasteiger partial charge in [0.1, 0.15) is 10.8 Å². The number of carbonyl (C=O) groups excluding carboxylic acids is 1. The third-order valence-electron chi connectivity index (χ3n) is 3.80. The van der Waals surface area contributed by atoms with Crippen molar-refractivity contribution in [3.8, 4) is 17.0 Å². The second kappa shape index (κ2) is 7.69. The van der Waals surface area contributed by atoms with Crippen LogP contribution in [0.1, 0.15) is 5.01 Å². The molecule has 4 aromatic rings. The second-order valence-electron chi connectivity index (χ2n) is 5.58. The van der Waals surface area contributed by atoms with Crippen LogP contribution in [0.15, 0.2) is 60.0 Å². The van der Waals surface area contributed by atoms with Crippen molar-refractivity contribution in [3.63, 3.8) is 0 Å². The van der Waals surface area contributed by atoms with E-state index in [0.29, 0.717) is 5.13 Å². The highest BCUT2D eigenvalue weighted by Gasteiger charge is 2.10. The Balaban J connectivity index is 1.46. The van der Waals surface area contributed by atoms with Crippen LogP contribution in [0.2, 0.25) is 0 Å². The van der Waals surface area contributed by atoms with Crippen molar-refractivity contribution >= 4 is 50.0 Å². The highest BCUT2D eigenvalue weighted by Crippen LogP contribution is 2.31. The lowest BCUT2D eigenvalue weighted by Gasteiger charge is -2.04. The molecule has 7 heteroatoms. The lowest BCUT2D eigenvalue weighted by Crippen LogP contribution is -2.07. The number of nitrogens with zero attached hydrogens (tertiary/aromatic N) is 2. The molecule has 0 saturated carbocycles. The summed E-state index contributed by atoms with van der Waals surface area (Å²) in [5.74, 6) is 0.506. The molecular formula is C20H15N3O2S2. The number of rotatable bonds is 5. The van der Waals surface area contributed by atoms with Crippen LogP contribution in [0.25, 0.3) is 27.6 Å². The number of anilines is 1. The molecule has 2 aromatic carbocycles. The van der Waals surface area contributed by atoms with Gasteiger partial charge in [0.2, 0.25) is 5.91 Å². The summed E-state index contributed by atoms with van der Waals surface area (Å²) >= 11 is 2.92. The van der Waals surface area contributed by atoms with Gasteiger partial charge in [0.25, 0.3) is 0 Å². The Morgan fingerprint density at radius 2 is 1.93 bits per heavy atom. The molecule has 0 bridgehead atoms. The van der Waals surface area contributed by atoms with E-state index in [9.17, 15) is 4.79 Å². The monoisotopic (exact) mass is 393 g/mol. The number of benzene rings is 2. The van der Waals surface area contributed by atoms with E-state index in [0.717, 1.165) is 32.2 Å². The minimum absolute atomic E-state index is 0.241. The first-order valence-corrected chi connectivity index (χ1v) is 9.86. The number of nitrogens with one attached hydrogen (secondary N) is 1. The molecular weight excluding hydrogens is 378 g/mol. The Morgan fingerprint density at radius 1 is 1.11 bits per heavy atom. The summed E-state index contributed by atoms with van der Waals surface area (Å²) in [4.78, 5) is 21.1. The first kappa shape index (κ1) is 17.4. The van der Waals surface area contributed by atoms with Gasteiger partial charge < -0.3 is 4.74 Å². The average Bonchev–Trinajstić information content (AvgIpc) is 3.32. The largest absolute Gasteiger partial charge is 0.496 e. The van der Waals surface area contributed by atoms with Crippen molar-refractivity contribution in [1.29, 1.82) is 0 Å². The van der Waals surface area contributed by atoms with Gasteiger partial charge in [-0.25, -0.2) is 9.97 Å². The van der Waals surface area contributed by atoms with Gasteiger partial charge in [0, 0.05) is 17.0 Å². The molecule has 2 aromatic heterocycles. The van der Waals surface area contributed by atoms with Crippen molar-refractivity contribution in [2.75, 3.05) is 12.4 Å². The number of hydrogen-bond acceptors (Lipinski definition) is 6. The summed E-state index contributed by atoms with van der Waals surface area (Å²) < 4.78 is 6.46. The van der Waals surface area contributed by atoms with Crippen molar-refractivity contribution in [1.82, 2.24) is 9.97 Å². The number of amides is 1. The highest BCUT2D eigenvalue weighted by molar-refractivity contribution is 7.19. The SMILES string of the molecule is COc1ccccc1-c1csc(NC(=O)/C=C/c2nc3ccccc3s2)n1. The Hall–Kier alpha value is -3.03. The highest BCUT2D eigenvalue weighted by atomic mass is 32.1. The van der Waals surface area contributed by atoms with Crippen LogP contribution >= 0.6 is 22.7 Å². The first-order chi connectivity index (χ1) is 13.2. The first-order valence-electron chi connectivity index (χ1n) is 8.16. The average molecular weight is 393 g/mol. The molecule has 0 fully saturated rings. The topological polar surface area (TPSA) is 64.1 Å². The molecule has 4 rings (SSSR count). The van der Waals surface area contributed by atoms with Crippen molar-refractivity contribution in [2.24, 2.45) is 0 Å². The lowest BCUT2D eigenvalue weighted by molar-refractivity contribution is -0.111. The van der Waals surface area contributed by atoms with E-state index >= 15 is 0 Å². The molecule has 0 unspecified atom stereocenters. The maximum atomic E-state index is 12.2. The molecule has 134 valence electrons. The van der Waals surface area contributed by atoms with Crippen LogP contribution in [0.5, 0.6) is 5.75 Å². The molecule has 27 heavy (non-hydrogen) atoms. The van der Waals surface area contributed by atoms with Gasteiger partial charge in [0.05, 0.1) is 23.0 Å². The quantitative estimate of drug-likeness (QED) is 0.480. The molecule has 0 aliphatic rings. The Morgan fingerprint density at radius 3 is 2.78 bits per heavy atom. The number of aromatic nitrogens is 2. The van der Waals surface area contributed by atoms with Gasteiger partial charge in [-0.15, -0.1) is 22.7 Å². The number of hydrogen-bond donors (Lipinski definition) is 1. The number of carbonyl (C=O) groups is 1. The van der Waals surface area contributed by atoms with Gasteiger partial charge in [-0.1, -0.05) is 24.3 Å². The zero-order valence-corrected chi connectivity index (χ0v) is 16.0. The summed E-state index contributed by atoms with van der Waals surface area (Å²) in [6, 6.07) is 15.5. The molecule has 0 radical (unpaired) electrons. The number of ether oxygens (including phenoxy) is 1. The zero-order valence-electron chi connectivity index (χ0n) is 14.4. The van der Waals surface area contributed by atoms with Crippen LogP contribution in [0, 0.1) is 0 Å². The smallest absolute Gasteiger partial charge is 0.250 e. The molecule has 0 aliphatic heterocycles. The van der Waals surface area contributed by atoms with Crippen LogP contribution in [0.3, 0.4) is 0 Å². The molecule has 0 spiro atoms. The summed E-state index contributed by atoms with van der Waals surface area (Å²) in [5.41, 5.74) is 2.59. The number of fused-ring (bicyclic) bond motifs is 1.